The number of ketones is 1. The third-order valence-corrected chi connectivity index (χ3v) is 3.16. The van der Waals surface area contributed by atoms with Crippen molar-refractivity contribution in [3.63, 3.8) is 0 Å². The molecule has 0 spiro atoms. The summed E-state index contributed by atoms with van der Waals surface area (Å²) in [6, 6.07) is 8.90. The van der Waals surface area contributed by atoms with Crippen LogP contribution in [-0.4, -0.2) is 16.9 Å². The highest BCUT2D eigenvalue weighted by Crippen LogP contribution is 2.25. The van der Waals surface area contributed by atoms with Crippen molar-refractivity contribution in [1.82, 2.24) is 0 Å². The number of carboxylic acid groups (broad SMARTS) is 1. The molecule has 0 radical (unpaired) electrons. The molecule has 2 aromatic rings. The van der Waals surface area contributed by atoms with Gasteiger partial charge in [0.25, 0.3) is 0 Å². The first-order valence-corrected chi connectivity index (χ1v) is 5.64. The highest BCUT2D eigenvalue weighted by Gasteiger charge is 2.12. The lowest BCUT2D eigenvalue weighted by Crippen LogP contribution is -2.05. The Hall–Kier alpha value is -2.42. The van der Waals surface area contributed by atoms with Crippen LogP contribution in [0.1, 0.15) is 21.5 Å². The van der Waals surface area contributed by atoms with Gasteiger partial charge in [-0.2, -0.15) is 0 Å². The molecule has 1 aliphatic carbocycles. The Kier molecular flexibility index (Phi) is 2.27. The van der Waals surface area contributed by atoms with Gasteiger partial charge in [0, 0.05) is 6.42 Å². The van der Waals surface area contributed by atoms with E-state index in [1.807, 2.05) is 12.1 Å². The molecule has 88 valence electrons. The van der Waals surface area contributed by atoms with Gasteiger partial charge in [0.2, 0.25) is 0 Å². The maximum atomic E-state index is 11.3. The quantitative estimate of drug-likeness (QED) is 0.831. The molecule has 0 heterocycles. The van der Waals surface area contributed by atoms with Crippen LogP contribution < -0.4 is 0 Å². The number of rotatable bonds is 1. The van der Waals surface area contributed by atoms with Crippen LogP contribution in [0.25, 0.3) is 16.8 Å². The lowest BCUT2D eigenvalue weighted by molar-refractivity contribution is -0.114. The van der Waals surface area contributed by atoms with Gasteiger partial charge in [0.1, 0.15) is 0 Å². The third kappa shape index (κ3) is 1.70. The van der Waals surface area contributed by atoms with Crippen LogP contribution >= 0.6 is 0 Å². The van der Waals surface area contributed by atoms with Crippen molar-refractivity contribution in [2.45, 2.75) is 6.42 Å². The standard InChI is InChI=1S/C15H10O3/c16-14-4-3-10-5-12-7-11(15(17)18)2-1-9(12)6-13(10)8-14/h1-7H,8H2,(H,17,18). The summed E-state index contributed by atoms with van der Waals surface area (Å²) < 4.78 is 0. The zero-order valence-electron chi connectivity index (χ0n) is 9.51. The summed E-state index contributed by atoms with van der Waals surface area (Å²) in [5.41, 5.74) is 2.26. The second-order valence-corrected chi connectivity index (χ2v) is 4.39. The normalized spacial score (nSPS) is 13.7. The lowest BCUT2D eigenvalue weighted by atomic mass is 9.93. The van der Waals surface area contributed by atoms with Crippen LogP contribution in [0.15, 0.2) is 36.4 Å². The molecular weight excluding hydrogens is 228 g/mol. The maximum absolute atomic E-state index is 11.3. The largest absolute Gasteiger partial charge is 0.478 e. The number of carbonyl (C=O) groups excluding carboxylic acids is 1. The van der Waals surface area contributed by atoms with E-state index >= 15 is 0 Å². The summed E-state index contributed by atoms with van der Waals surface area (Å²) in [5.74, 6) is -0.829. The maximum Gasteiger partial charge on any atom is 0.335 e. The smallest absolute Gasteiger partial charge is 0.335 e. The summed E-state index contributed by atoms with van der Waals surface area (Å²) in [5, 5.41) is 10.8. The summed E-state index contributed by atoms with van der Waals surface area (Å²) >= 11 is 0. The monoisotopic (exact) mass is 238 g/mol. The summed E-state index contributed by atoms with van der Waals surface area (Å²) in [7, 11) is 0. The molecule has 0 aliphatic heterocycles. The second-order valence-electron chi connectivity index (χ2n) is 4.39. The molecule has 0 amide bonds. The number of allylic oxidation sites excluding steroid dienone is 1. The molecule has 18 heavy (non-hydrogen) atoms. The highest BCUT2D eigenvalue weighted by molar-refractivity contribution is 6.01. The van der Waals surface area contributed by atoms with Gasteiger partial charge in [-0.05, 0) is 46.2 Å². The molecule has 0 fully saturated rings. The molecule has 2 aromatic carbocycles. The van der Waals surface area contributed by atoms with Crippen LogP contribution in [0.4, 0.5) is 0 Å². The first-order valence-electron chi connectivity index (χ1n) is 5.64. The van der Waals surface area contributed by atoms with Crippen LogP contribution in [0.3, 0.4) is 0 Å². The second kappa shape index (κ2) is 3.81. The molecule has 0 bridgehead atoms. The fourth-order valence-corrected chi connectivity index (χ4v) is 2.23. The summed E-state index contributed by atoms with van der Waals surface area (Å²) in [4.78, 5) is 22.3. The van der Waals surface area contributed by atoms with Gasteiger partial charge in [-0.3, -0.25) is 4.79 Å². The van der Waals surface area contributed by atoms with Gasteiger partial charge >= 0.3 is 5.97 Å². The van der Waals surface area contributed by atoms with Crippen molar-refractivity contribution in [3.05, 3.63) is 53.1 Å². The SMILES string of the molecule is O=C1C=Cc2cc3cc(C(=O)O)ccc3cc2C1. The average Bonchev–Trinajstić information content (AvgIpc) is 2.35. The minimum absolute atomic E-state index is 0.101. The molecular formula is C15H10O3. The number of hydrogen-bond acceptors (Lipinski definition) is 2. The van der Waals surface area contributed by atoms with Gasteiger partial charge in [0.15, 0.2) is 5.78 Å². The van der Waals surface area contributed by atoms with E-state index in [9.17, 15) is 9.59 Å². The predicted molar refractivity (Wildman–Crippen MR) is 68.7 cm³/mol. The molecule has 0 aromatic heterocycles. The van der Waals surface area contributed by atoms with Crippen molar-refractivity contribution in [3.8, 4) is 0 Å². The molecule has 0 atom stereocenters. The Labute approximate surface area is 103 Å². The fourth-order valence-electron chi connectivity index (χ4n) is 2.23. The number of aromatic carboxylic acids is 1. The number of carbonyl (C=O) groups is 2. The van der Waals surface area contributed by atoms with E-state index in [0.29, 0.717) is 6.42 Å². The minimum Gasteiger partial charge on any atom is -0.478 e. The van der Waals surface area contributed by atoms with Crippen molar-refractivity contribution in [2.75, 3.05) is 0 Å². The summed E-state index contributed by atoms with van der Waals surface area (Å²) in [6.07, 6.45) is 3.77. The van der Waals surface area contributed by atoms with E-state index in [1.54, 1.807) is 30.4 Å². The van der Waals surface area contributed by atoms with Crippen LogP contribution in [0.5, 0.6) is 0 Å². The van der Waals surface area contributed by atoms with Gasteiger partial charge < -0.3 is 5.11 Å². The van der Waals surface area contributed by atoms with E-state index in [4.69, 9.17) is 5.11 Å². The first kappa shape index (κ1) is 10.7. The van der Waals surface area contributed by atoms with Gasteiger partial charge in [0.05, 0.1) is 5.56 Å². The van der Waals surface area contributed by atoms with Crippen LogP contribution in [-0.2, 0) is 11.2 Å². The number of carboxylic acids is 1. The molecule has 3 rings (SSSR count). The van der Waals surface area contributed by atoms with E-state index in [2.05, 4.69) is 0 Å². The lowest BCUT2D eigenvalue weighted by Gasteiger charge is -2.11. The Morgan fingerprint density at radius 3 is 2.67 bits per heavy atom. The molecule has 1 aliphatic rings. The Morgan fingerprint density at radius 1 is 1.06 bits per heavy atom. The fraction of sp³-hybridized carbons (Fsp3) is 0.0667. The minimum atomic E-state index is -0.930. The Balaban J connectivity index is 2.23. The van der Waals surface area contributed by atoms with Gasteiger partial charge in [-0.1, -0.05) is 18.2 Å². The molecule has 0 unspecified atom stereocenters. The number of hydrogen-bond donors (Lipinski definition) is 1. The van der Waals surface area contributed by atoms with Crippen LogP contribution in [0, 0.1) is 0 Å². The number of benzene rings is 2. The molecule has 3 nitrogen and oxygen atoms in total. The third-order valence-electron chi connectivity index (χ3n) is 3.16. The molecule has 0 saturated carbocycles. The zero-order chi connectivity index (χ0) is 12.7. The molecule has 0 saturated heterocycles. The van der Waals surface area contributed by atoms with E-state index < -0.39 is 5.97 Å². The first-order chi connectivity index (χ1) is 8.63. The highest BCUT2D eigenvalue weighted by atomic mass is 16.4. The van der Waals surface area contributed by atoms with Crippen molar-refractivity contribution >= 4 is 28.6 Å². The topological polar surface area (TPSA) is 54.4 Å². The van der Waals surface area contributed by atoms with E-state index in [-0.39, 0.29) is 11.3 Å². The number of fused-ring (bicyclic) bond motifs is 2. The van der Waals surface area contributed by atoms with Crippen molar-refractivity contribution in [2.24, 2.45) is 0 Å². The zero-order valence-corrected chi connectivity index (χ0v) is 9.51. The van der Waals surface area contributed by atoms with Gasteiger partial charge in [-0.25, -0.2) is 4.79 Å². The molecule has 3 heteroatoms. The van der Waals surface area contributed by atoms with E-state index in [1.165, 1.54) is 0 Å². The average molecular weight is 238 g/mol. The molecule has 1 N–H and O–H groups in total. The van der Waals surface area contributed by atoms with Crippen LogP contribution in [0.2, 0.25) is 0 Å². The van der Waals surface area contributed by atoms with Gasteiger partial charge in [-0.15, -0.1) is 0 Å². The van der Waals surface area contributed by atoms with Crippen molar-refractivity contribution < 1.29 is 14.7 Å². The summed E-state index contributed by atoms with van der Waals surface area (Å²) in [6.45, 7) is 0. The van der Waals surface area contributed by atoms with Crippen molar-refractivity contribution in [1.29, 1.82) is 0 Å². The Morgan fingerprint density at radius 2 is 1.89 bits per heavy atom. The predicted octanol–water partition coefficient (Wildman–Crippen LogP) is 2.68. The van der Waals surface area contributed by atoms with E-state index in [0.717, 1.165) is 21.9 Å². The Bertz CT molecular complexity index is 711.